The van der Waals surface area contributed by atoms with Gasteiger partial charge in [-0.25, -0.2) is 19.4 Å². The maximum atomic E-state index is 13.5. The Labute approximate surface area is 371 Å². The molecule has 0 spiro atoms. The number of pyridine rings is 1. The lowest BCUT2D eigenvalue weighted by Crippen LogP contribution is -2.42. The summed E-state index contributed by atoms with van der Waals surface area (Å²) in [6, 6.07) is 14.8. The second-order valence-electron chi connectivity index (χ2n) is 15.4. The normalized spacial score (nSPS) is 18.5. The number of rotatable bonds is 11. The highest BCUT2D eigenvalue weighted by Crippen LogP contribution is 2.41. The average molecular weight is 925 g/mol. The predicted octanol–water partition coefficient (Wildman–Crippen LogP) is 9.29. The van der Waals surface area contributed by atoms with E-state index >= 15 is 0 Å². The number of hydrogen-bond donors (Lipinski definition) is 1. The second kappa shape index (κ2) is 18.7. The zero-order valence-corrected chi connectivity index (χ0v) is 37.6. The zero-order valence-electron chi connectivity index (χ0n) is 36.1. The molecule has 2 aromatic carbocycles. The molecule has 0 bridgehead atoms. The highest BCUT2D eigenvalue weighted by atomic mass is 79.9. The summed E-state index contributed by atoms with van der Waals surface area (Å²) < 4.78 is 38.7. The smallest absolute Gasteiger partial charge is 0.414 e. The molecule has 1 N–H and O–H groups in total. The van der Waals surface area contributed by atoms with Crippen molar-refractivity contribution >= 4 is 72.5 Å². The Bertz CT molecular complexity index is 2830. The molecule has 330 valence electrons. The number of aromatic nitrogens is 5. The Hall–Kier alpha value is -6.04. The first kappa shape index (κ1) is 43.6. The van der Waals surface area contributed by atoms with Gasteiger partial charge in [-0.15, -0.1) is 0 Å². The van der Waals surface area contributed by atoms with Gasteiger partial charge in [0.15, 0.2) is 5.58 Å². The first-order valence-electron chi connectivity index (χ1n) is 21.3. The molecule has 7 heterocycles. The van der Waals surface area contributed by atoms with Crippen molar-refractivity contribution in [2.24, 2.45) is 7.05 Å². The molecule has 17 heteroatoms. The van der Waals surface area contributed by atoms with Crippen LogP contribution in [0.3, 0.4) is 0 Å². The van der Waals surface area contributed by atoms with Crippen LogP contribution in [0.25, 0.3) is 55.4 Å². The Balaban J connectivity index is 0.000000178. The van der Waals surface area contributed by atoms with E-state index in [0.29, 0.717) is 53.2 Å². The highest BCUT2D eigenvalue weighted by Gasteiger charge is 2.39. The van der Waals surface area contributed by atoms with E-state index in [-0.39, 0.29) is 49.0 Å². The zero-order chi connectivity index (χ0) is 44.4. The number of hydrogen-bond acceptors (Lipinski definition) is 13. The monoisotopic (exact) mass is 923 g/mol. The van der Waals surface area contributed by atoms with E-state index in [0.717, 1.165) is 57.1 Å². The van der Waals surface area contributed by atoms with Crippen molar-refractivity contribution in [3.8, 4) is 22.4 Å². The van der Waals surface area contributed by atoms with Crippen LogP contribution in [0.4, 0.5) is 16.3 Å². The fraction of sp³-hybridized carbons (Fsp3) is 0.391. The van der Waals surface area contributed by atoms with Gasteiger partial charge in [0.05, 0.1) is 56.9 Å². The van der Waals surface area contributed by atoms with Gasteiger partial charge in [-0.05, 0) is 87.6 Å². The van der Waals surface area contributed by atoms with E-state index in [4.69, 9.17) is 27.8 Å². The minimum atomic E-state index is -0.620. The quantitative estimate of drug-likeness (QED) is 0.122. The van der Waals surface area contributed by atoms with Crippen molar-refractivity contribution in [3.63, 3.8) is 0 Å². The van der Waals surface area contributed by atoms with Crippen molar-refractivity contribution in [1.82, 2.24) is 24.3 Å². The van der Waals surface area contributed by atoms with Gasteiger partial charge in [-0.2, -0.15) is 10.1 Å². The average Bonchev–Trinajstić information content (AvgIpc) is 4.15. The molecule has 63 heavy (non-hydrogen) atoms. The van der Waals surface area contributed by atoms with Gasteiger partial charge in [0, 0.05) is 52.9 Å². The number of anilines is 2. The maximum Gasteiger partial charge on any atom is 0.414 e. The lowest BCUT2D eigenvalue weighted by Gasteiger charge is -2.27. The number of benzene rings is 2. The Morgan fingerprint density at radius 1 is 0.873 bits per heavy atom. The number of nitrogens with zero attached hydrogens (tertiary/aromatic N) is 6. The second-order valence-corrected chi connectivity index (χ2v) is 16.3. The Morgan fingerprint density at radius 3 is 2.27 bits per heavy atom. The SMILES string of the molecule is CCOC(=O)c1oc2ccc(Br)cc2c1N(C(=O)OCC)[C@@H]1CO[C@H](CC)C1.CC[C@@H]1C[C@H](n2c(=O)nc(-c3ccc(NC)nc3)c3oc4ccc(-c5cnn(C)c5)cc4c32)CO1. The van der Waals surface area contributed by atoms with Crippen molar-refractivity contribution in [2.45, 2.75) is 77.7 Å². The van der Waals surface area contributed by atoms with Crippen LogP contribution >= 0.6 is 15.9 Å². The number of halogens is 1. The van der Waals surface area contributed by atoms with Gasteiger partial charge < -0.3 is 33.1 Å². The summed E-state index contributed by atoms with van der Waals surface area (Å²) in [7, 11) is 3.70. The van der Waals surface area contributed by atoms with Gasteiger partial charge in [-0.1, -0.05) is 35.8 Å². The summed E-state index contributed by atoms with van der Waals surface area (Å²) >= 11 is 3.45. The van der Waals surface area contributed by atoms with Crippen LogP contribution < -0.4 is 15.9 Å². The van der Waals surface area contributed by atoms with E-state index in [1.54, 1.807) is 35.4 Å². The molecule has 16 nitrogen and oxygen atoms in total. The van der Waals surface area contributed by atoms with Gasteiger partial charge in [0.25, 0.3) is 0 Å². The number of nitrogens with one attached hydrogen (secondary N) is 1. The van der Waals surface area contributed by atoms with E-state index in [9.17, 15) is 14.4 Å². The van der Waals surface area contributed by atoms with Crippen LogP contribution in [-0.2, 0) is 26.0 Å². The fourth-order valence-corrected chi connectivity index (χ4v) is 8.66. The molecule has 2 fully saturated rings. The van der Waals surface area contributed by atoms with Gasteiger partial charge in [0.2, 0.25) is 5.76 Å². The maximum absolute atomic E-state index is 13.5. The van der Waals surface area contributed by atoms with Gasteiger partial charge in [-0.3, -0.25) is 14.1 Å². The fourth-order valence-electron chi connectivity index (χ4n) is 8.30. The van der Waals surface area contributed by atoms with Crippen molar-refractivity contribution in [1.29, 1.82) is 0 Å². The summed E-state index contributed by atoms with van der Waals surface area (Å²) in [5.74, 6) is 0.103. The van der Waals surface area contributed by atoms with Crippen LogP contribution in [-0.4, -0.2) is 88.1 Å². The number of amides is 1. The number of aryl methyl sites for hydroxylation is 1. The van der Waals surface area contributed by atoms with Crippen LogP contribution in [0.15, 0.2) is 85.2 Å². The van der Waals surface area contributed by atoms with Crippen LogP contribution in [0.1, 0.15) is 70.0 Å². The van der Waals surface area contributed by atoms with E-state index in [2.05, 4.69) is 49.3 Å². The van der Waals surface area contributed by atoms with Crippen molar-refractivity contribution < 1.29 is 37.4 Å². The standard InChI is InChI=1S/C26H26N6O3.C20H24BrNO6/c1-4-19-10-18(14-34-19)32-24-20-9-15(17-12-29-31(3)13-17)5-7-21(20)35-25(24)23(30-26(32)33)16-6-8-22(27-2)28-11-16;1-4-14-10-13(11-27-14)22(20(24)26-6-3)17-15-9-12(21)7-8-16(15)28-18(17)19(23)25-5-2/h5-9,11-13,18-19H,4,10,14H2,1-3H3,(H,27,28);7-9,13-14H,4-6,10-11H2,1-3H3/t18-,19+;13-,14+/m00/s1. The third kappa shape index (κ3) is 8.69. The number of ether oxygens (including phenoxy) is 4. The Kier molecular flexibility index (Phi) is 13.0. The van der Waals surface area contributed by atoms with E-state index in [1.807, 2.05) is 69.8 Å². The van der Waals surface area contributed by atoms with Crippen LogP contribution in [0.5, 0.6) is 0 Å². The number of carbonyl (C=O) groups is 2. The van der Waals surface area contributed by atoms with Crippen molar-refractivity contribution in [3.05, 3.63) is 87.8 Å². The largest absolute Gasteiger partial charge is 0.460 e. The molecule has 2 aliphatic rings. The lowest BCUT2D eigenvalue weighted by atomic mass is 10.1. The molecule has 0 unspecified atom stereocenters. The summed E-state index contributed by atoms with van der Waals surface area (Å²) in [5.41, 5.74) is 5.74. The van der Waals surface area contributed by atoms with Crippen molar-refractivity contribution in [2.75, 3.05) is 43.7 Å². The summed E-state index contributed by atoms with van der Waals surface area (Å²) in [5, 5.41) is 8.81. The molecule has 5 aromatic heterocycles. The number of esters is 1. The minimum Gasteiger partial charge on any atom is -0.460 e. The molecule has 0 aliphatic carbocycles. The molecule has 7 aromatic rings. The molecule has 2 aliphatic heterocycles. The molecule has 0 radical (unpaired) electrons. The molecule has 2 saturated heterocycles. The third-order valence-corrected chi connectivity index (χ3v) is 11.9. The molecule has 9 rings (SSSR count). The number of furan rings is 2. The highest BCUT2D eigenvalue weighted by molar-refractivity contribution is 9.10. The molecular weight excluding hydrogens is 874 g/mol. The molecule has 1 amide bonds. The first-order chi connectivity index (χ1) is 30.5. The van der Waals surface area contributed by atoms with Crippen LogP contribution in [0.2, 0.25) is 0 Å². The topological polar surface area (TPSA) is 178 Å². The molecular formula is C46H50BrN7O9. The number of fused-ring (bicyclic) bond motifs is 4. The van der Waals surface area contributed by atoms with Gasteiger partial charge in [0.1, 0.15) is 33.9 Å². The molecule has 4 atom stereocenters. The summed E-state index contributed by atoms with van der Waals surface area (Å²) in [4.78, 5) is 49.5. The van der Waals surface area contributed by atoms with E-state index < -0.39 is 12.1 Å². The summed E-state index contributed by atoms with van der Waals surface area (Å²) in [6.07, 6.45) is 8.30. The molecule has 0 saturated carbocycles. The Morgan fingerprint density at radius 2 is 1.60 bits per heavy atom. The lowest BCUT2D eigenvalue weighted by molar-refractivity contribution is 0.0493. The first-order valence-corrected chi connectivity index (χ1v) is 22.0. The number of carbonyl (C=O) groups excluding carboxylic acids is 2. The minimum absolute atomic E-state index is 0.0112. The van der Waals surface area contributed by atoms with E-state index in [1.165, 1.54) is 4.90 Å². The summed E-state index contributed by atoms with van der Waals surface area (Å²) in [6.45, 7) is 8.85. The van der Waals surface area contributed by atoms with Crippen LogP contribution in [0, 0.1) is 0 Å². The predicted molar refractivity (Wildman–Crippen MR) is 242 cm³/mol. The third-order valence-electron chi connectivity index (χ3n) is 11.4. The van der Waals surface area contributed by atoms with Gasteiger partial charge >= 0.3 is 17.8 Å².